The number of halogens is 3. The van der Waals surface area contributed by atoms with Crippen LogP contribution in [0.25, 0.3) is 16.5 Å². The Morgan fingerprint density at radius 2 is 1.97 bits per heavy atom. The number of anilines is 1. The molecule has 1 saturated heterocycles. The van der Waals surface area contributed by atoms with Crippen molar-refractivity contribution in [3.63, 3.8) is 0 Å². The van der Waals surface area contributed by atoms with E-state index in [2.05, 4.69) is 16.9 Å². The standard InChI is InChI=1S/C24H31F3N6/c1-16(17-5-9-33(10-6-17)15-23(7-8-23)24(25,26)27)31-22-12-20-11-18(21(28)14-32(2)29)3-4-19(20)13-30-22/h3-4,11-14,17H,1,5-10,15,28-29H2,2H3,(H,30,31)/b21-14-. The molecule has 0 spiro atoms. The van der Waals surface area contributed by atoms with Gasteiger partial charge in [0.1, 0.15) is 5.82 Å². The second-order valence-corrected chi connectivity index (χ2v) is 9.36. The van der Waals surface area contributed by atoms with E-state index in [4.69, 9.17) is 11.6 Å². The highest BCUT2D eigenvalue weighted by Gasteiger charge is 2.63. The summed E-state index contributed by atoms with van der Waals surface area (Å²) in [6, 6.07) is 7.80. The predicted molar refractivity (Wildman–Crippen MR) is 126 cm³/mol. The van der Waals surface area contributed by atoms with Crippen molar-refractivity contribution < 1.29 is 13.2 Å². The third-order valence-corrected chi connectivity index (χ3v) is 6.75. The van der Waals surface area contributed by atoms with Crippen LogP contribution in [0.15, 0.2) is 48.9 Å². The fourth-order valence-electron chi connectivity index (χ4n) is 4.50. The predicted octanol–water partition coefficient (Wildman–Crippen LogP) is 4.28. The summed E-state index contributed by atoms with van der Waals surface area (Å²) in [6.07, 6.45) is 1.41. The molecule has 9 heteroatoms. The minimum Gasteiger partial charge on any atom is -0.397 e. The lowest BCUT2D eigenvalue weighted by atomic mass is 9.92. The third-order valence-electron chi connectivity index (χ3n) is 6.75. The Hall–Kier alpha value is -2.78. The topological polar surface area (TPSA) is 83.4 Å². The summed E-state index contributed by atoms with van der Waals surface area (Å²) in [5.41, 5.74) is 6.90. The number of rotatable bonds is 7. The molecular weight excluding hydrogens is 429 g/mol. The number of nitrogens with two attached hydrogens (primary N) is 2. The van der Waals surface area contributed by atoms with Crippen molar-refractivity contribution in [2.75, 3.05) is 32.0 Å². The van der Waals surface area contributed by atoms with E-state index in [9.17, 15) is 13.2 Å². The fourth-order valence-corrected chi connectivity index (χ4v) is 4.50. The number of alkyl halides is 3. The van der Waals surface area contributed by atoms with E-state index in [0.717, 1.165) is 34.9 Å². The highest BCUT2D eigenvalue weighted by Crippen LogP contribution is 2.58. The molecule has 2 heterocycles. The van der Waals surface area contributed by atoms with Crippen molar-refractivity contribution in [1.82, 2.24) is 14.9 Å². The second-order valence-electron chi connectivity index (χ2n) is 9.36. The van der Waals surface area contributed by atoms with Gasteiger partial charge in [-0.3, -0.25) is 0 Å². The first-order chi connectivity index (χ1) is 15.6. The van der Waals surface area contributed by atoms with Gasteiger partial charge in [0.15, 0.2) is 0 Å². The van der Waals surface area contributed by atoms with Crippen LogP contribution in [-0.4, -0.2) is 47.8 Å². The van der Waals surface area contributed by atoms with E-state index in [1.165, 1.54) is 5.01 Å². The van der Waals surface area contributed by atoms with Crippen molar-refractivity contribution in [3.05, 3.63) is 54.5 Å². The molecule has 0 radical (unpaired) electrons. The van der Waals surface area contributed by atoms with Crippen molar-refractivity contribution in [1.29, 1.82) is 0 Å². The summed E-state index contributed by atoms with van der Waals surface area (Å²) < 4.78 is 39.8. The molecule has 1 aromatic carbocycles. The molecule has 5 N–H and O–H groups in total. The van der Waals surface area contributed by atoms with Gasteiger partial charge in [0.25, 0.3) is 0 Å². The molecule has 6 nitrogen and oxygen atoms in total. The van der Waals surface area contributed by atoms with Gasteiger partial charge in [0, 0.05) is 43.0 Å². The van der Waals surface area contributed by atoms with Gasteiger partial charge in [-0.05, 0) is 61.9 Å². The van der Waals surface area contributed by atoms with Crippen LogP contribution in [-0.2, 0) is 0 Å². The largest absolute Gasteiger partial charge is 0.397 e. The zero-order valence-corrected chi connectivity index (χ0v) is 18.8. The number of pyridine rings is 1. The molecule has 4 rings (SSSR count). The van der Waals surface area contributed by atoms with E-state index in [0.29, 0.717) is 24.6 Å². The molecule has 33 heavy (non-hydrogen) atoms. The molecular formula is C24H31F3N6. The number of fused-ring (bicyclic) bond motifs is 1. The second kappa shape index (κ2) is 8.87. The van der Waals surface area contributed by atoms with Gasteiger partial charge in [-0.2, -0.15) is 13.2 Å². The first-order valence-electron chi connectivity index (χ1n) is 11.2. The number of nitrogens with zero attached hydrogens (tertiary/aromatic N) is 3. The molecule has 0 bridgehead atoms. The molecule has 2 aromatic rings. The van der Waals surface area contributed by atoms with Crippen LogP contribution in [0, 0.1) is 11.3 Å². The zero-order chi connectivity index (χ0) is 23.8. The Morgan fingerprint density at radius 3 is 2.58 bits per heavy atom. The van der Waals surface area contributed by atoms with Crippen LogP contribution in [0.4, 0.5) is 19.0 Å². The number of piperidine rings is 1. The van der Waals surface area contributed by atoms with Gasteiger partial charge < -0.3 is 21.0 Å². The molecule has 0 amide bonds. The number of hydrogen-bond donors (Lipinski definition) is 3. The Morgan fingerprint density at radius 1 is 1.27 bits per heavy atom. The van der Waals surface area contributed by atoms with E-state index < -0.39 is 11.6 Å². The van der Waals surface area contributed by atoms with E-state index in [1.54, 1.807) is 19.4 Å². The minimum absolute atomic E-state index is 0.120. The summed E-state index contributed by atoms with van der Waals surface area (Å²) in [5, 5.41) is 6.67. The summed E-state index contributed by atoms with van der Waals surface area (Å²) in [4.78, 5) is 6.44. The monoisotopic (exact) mass is 460 g/mol. The van der Waals surface area contributed by atoms with Crippen LogP contribution in [0.5, 0.6) is 0 Å². The van der Waals surface area contributed by atoms with Crippen LogP contribution in [0.2, 0.25) is 0 Å². The molecule has 1 aliphatic carbocycles. The van der Waals surface area contributed by atoms with Crippen molar-refractivity contribution >= 4 is 22.3 Å². The Bertz CT molecular complexity index is 1050. The summed E-state index contributed by atoms with van der Waals surface area (Å²) in [6.45, 7) is 5.61. The number of hydrazine groups is 1. The number of allylic oxidation sites excluding steroid dienone is 1. The average Bonchev–Trinajstić information content (AvgIpc) is 3.54. The van der Waals surface area contributed by atoms with Crippen LogP contribution >= 0.6 is 0 Å². The highest BCUT2D eigenvalue weighted by molar-refractivity contribution is 5.87. The molecule has 178 valence electrons. The first kappa shape index (κ1) is 23.4. The average molecular weight is 461 g/mol. The van der Waals surface area contributed by atoms with Gasteiger partial charge in [-0.1, -0.05) is 18.7 Å². The van der Waals surface area contributed by atoms with Crippen LogP contribution < -0.4 is 16.9 Å². The quantitative estimate of drug-likeness (QED) is 0.423. The maximum Gasteiger partial charge on any atom is 0.395 e. The Balaban J connectivity index is 1.37. The van der Waals surface area contributed by atoms with Crippen molar-refractivity contribution in [3.8, 4) is 0 Å². The van der Waals surface area contributed by atoms with Crippen LogP contribution in [0.3, 0.4) is 0 Å². The number of likely N-dealkylation sites (tertiary alicyclic amines) is 1. The lowest BCUT2D eigenvalue weighted by molar-refractivity contribution is -0.192. The van der Waals surface area contributed by atoms with Crippen molar-refractivity contribution in [2.24, 2.45) is 22.9 Å². The summed E-state index contributed by atoms with van der Waals surface area (Å²) in [5.74, 6) is 6.53. The summed E-state index contributed by atoms with van der Waals surface area (Å²) >= 11 is 0. The molecule has 0 unspecified atom stereocenters. The van der Waals surface area contributed by atoms with Gasteiger partial charge in [0.05, 0.1) is 11.1 Å². The van der Waals surface area contributed by atoms with E-state index >= 15 is 0 Å². The molecule has 1 saturated carbocycles. The normalized spacial score (nSPS) is 19.5. The minimum atomic E-state index is -4.10. The number of aromatic nitrogens is 1. The molecule has 0 atom stereocenters. The highest BCUT2D eigenvalue weighted by atomic mass is 19.4. The fraction of sp³-hybridized carbons (Fsp3) is 0.458. The number of benzene rings is 1. The maximum absolute atomic E-state index is 13.3. The zero-order valence-electron chi connectivity index (χ0n) is 18.8. The first-order valence-corrected chi connectivity index (χ1v) is 11.2. The SMILES string of the molecule is C=C(Nc1cc2cc(/C(N)=C/N(C)N)ccc2cn1)C1CCN(CC2(C(F)(F)F)CC2)CC1. The lowest BCUT2D eigenvalue weighted by Crippen LogP contribution is -2.42. The Labute approximate surface area is 192 Å². The maximum atomic E-state index is 13.3. The van der Waals surface area contributed by atoms with Crippen LogP contribution in [0.1, 0.15) is 31.2 Å². The van der Waals surface area contributed by atoms with E-state index in [1.807, 2.05) is 29.2 Å². The molecule has 2 fully saturated rings. The molecule has 1 aliphatic heterocycles. The smallest absolute Gasteiger partial charge is 0.395 e. The lowest BCUT2D eigenvalue weighted by Gasteiger charge is -2.35. The van der Waals surface area contributed by atoms with Crippen molar-refractivity contribution in [2.45, 2.75) is 31.9 Å². The number of hydrogen-bond acceptors (Lipinski definition) is 6. The van der Waals surface area contributed by atoms with Gasteiger partial charge >= 0.3 is 6.18 Å². The molecule has 2 aliphatic rings. The summed E-state index contributed by atoms with van der Waals surface area (Å²) in [7, 11) is 1.70. The third kappa shape index (κ3) is 5.25. The molecule has 1 aromatic heterocycles. The number of nitrogens with one attached hydrogen (secondary N) is 1. The Kier molecular flexibility index (Phi) is 6.28. The van der Waals surface area contributed by atoms with Gasteiger partial charge in [0.2, 0.25) is 0 Å². The van der Waals surface area contributed by atoms with E-state index in [-0.39, 0.29) is 25.3 Å². The van der Waals surface area contributed by atoms with Gasteiger partial charge in [-0.25, -0.2) is 10.8 Å². The van der Waals surface area contributed by atoms with Gasteiger partial charge in [-0.15, -0.1) is 0 Å².